The Kier molecular flexibility index (Phi) is 6.64. The summed E-state index contributed by atoms with van der Waals surface area (Å²) in [5, 5.41) is 2.89. The minimum atomic E-state index is -0.945. The summed E-state index contributed by atoms with van der Waals surface area (Å²) < 4.78 is 10.2. The second-order valence-corrected chi connectivity index (χ2v) is 7.41. The number of methoxy groups -OCH3 is 1. The van der Waals surface area contributed by atoms with E-state index in [1.807, 2.05) is 0 Å². The molecule has 1 fully saturated rings. The molecule has 156 valence electrons. The lowest BCUT2D eigenvalue weighted by atomic mass is 10.1. The monoisotopic (exact) mass is 402 g/mol. The van der Waals surface area contributed by atoms with Gasteiger partial charge in [0.15, 0.2) is 6.10 Å². The molecule has 29 heavy (non-hydrogen) atoms. The largest absolute Gasteiger partial charge is 0.449 e. The number of ether oxygens (including phenoxy) is 2. The zero-order valence-electron chi connectivity index (χ0n) is 16.7. The Hall–Kier alpha value is -2.74. The minimum Gasteiger partial charge on any atom is -0.449 e. The molecule has 0 bridgehead atoms. The van der Waals surface area contributed by atoms with Crippen LogP contribution in [-0.4, -0.2) is 61.0 Å². The lowest BCUT2D eigenvalue weighted by molar-refractivity contribution is -0.129. The molecule has 2 aliphatic rings. The van der Waals surface area contributed by atoms with Crippen molar-refractivity contribution in [1.82, 2.24) is 10.2 Å². The van der Waals surface area contributed by atoms with Crippen LogP contribution >= 0.6 is 0 Å². The molecule has 1 N–H and O–H groups in total. The van der Waals surface area contributed by atoms with Crippen molar-refractivity contribution in [3.63, 3.8) is 0 Å². The number of rotatable bonds is 8. The number of imide groups is 1. The molecule has 0 saturated heterocycles. The van der Waals surface area contributed by atoms with Crippen LogP contribution in [0.25, 0.3) is 0 Å². The number of carbonyl (C=O) groups excluding carboxylic acids is 4. The molecule has 1 aromatic rings. The molecule has 0 spiro atoms. The van der Waals surface area contributed by atoms with E-state index >= 15 is 0 Å². The predicted octanol–water partition coefficient (Wildman–Crippen LogP) is 1.92. The zero-order valence-corrected chi connectivity index (χ0v) is 16.7. The van der Waals surface area contributed by atoms with Gasteiger partial charge in [0.05, 0.1) is 16.7 Å². The molecule has 1 aliphatic carbocycles. The van der Waals surface area contributed by atoms with Gasteiger partial charge in [-0.3, -0.25) is 19.3 Å². The number of carbonyl (C=O) groups is 4. The van der Waals surface area contributed by atoms with Crippen molar-refractivity contribution in [2.45, 2.75) is 51.2 Å². The van der Waals surface area contributed by atoms with E-state index in [9.17, 15) is 19.2 Å². The summed E-state index contributed by atoms with van der Waals surface area (Å²) in [4.78, 5) is 50.8. The number of amides is 3. The highest BCUT2D eigenvalue weighted by Crippen LogP contribution is 2.25. The molecule has 1 saturated carbocycles. The van der Waals surface area contributed by atoms with Gasteiger partial charge in [0.2, 0.25) is 0 Å². The van der Waals surface area contributed by atoms with E-state index in [1.165, 1.54) is 25.1 Å². The predicted molar refractivity (Wildman–Crippen MR) is 104 cm³/mol. The van der Waals surface area contributed by atoms with Crippen molar-refractivity contribution in [2.75, 3.05) is 20.3 Å². The number of fused-ring (bicyclic) bond motifs is 1. The van der Waals surface area contributed by atoms with Gasteiger partial charge in [0.25, 0.3) is 17.7 Å². The first-order chi connectivity index (χ1) is 13.9. The van der Waals surface area contributed by atoms with E-state index in [-0.39, 0.29) is 41.1 Å². The molecule has 1 atom stereocenters. The molecule has 3 amide bonds. The number of esters is 1. The molecule has 0 radical (unpaired) electrons. The first-order valence-corrected chi connectivity index (χ1v) is 9.93. The van der Waals surface area contributed by atoms with Gasteiger partial charge in [0, 0.05) is 26.3 Å². The molecular formula is C21H26N2O6. The maximum atomic E-state index is 12.5. The van der Waals surface area contributed by atoms with E-state index in [1.54, 1.807) is 7.11 Å². The van der Waals surface area contributed by atoms with Gasteiger partial charge >= 0.3 is 5.97 Å². The van der Waals surface area contributed by atoms with Crippen molar-refractivity contribution in [3.05, 3.63) is 34.9 Å². The second-order valence-electron chi connectivity index (χ2n) is 7.41. The van der Waals surface area contributed by atoms with Gasteiger partial charge in [0.1, 0.15) is 0 Å². The van der Waals surface area contributed by atoms with Gasteiger partial charge < -0.3 is 14.8 Å². The molecular weight excluding hydrogens is 376 g/mol. The van der Waals surface area contributed by atoms with Crippen LogP contribution in [0, 0.1) is 0 Å². The standard InChI is InChI=1S/C21H26N2O6/c1-13(18(24)22-15-6-3-4-7-15)29-21(27)14-8-9-16-17(12-14)20(26)23(19(16)25)10-5-11-28-2/h8-9,12-13,15H,3-7,10-11H2,1-2H3,(H,22,24)/t13-/m0/s1. The Bertz CT molecular complexity index is 815. The van der Waals surface area contributed by atoms with E-state index < -0.39 is 18.0 Å². The Balaban J connectivity index is 1.64. The smallest absolute Gasteiger partial charge is 0.338 e. The van der Waals surface area contributed by atoms with Crippen LogP contribution in [0.1, 0.15) is 70.1 Å². The Morgan fingerprint density at radius 3 is 2.55 bits per heavy atom. The summed E-state index contributed by atoms with van der Waals surface area (Å²) in [6.07, 6.45) is 3.64. The SMILES string of the molecule is COCCCN1C(=O)c2ccc(C(=O)O[C@@H](C)C(=O)NC3CCCC3)cc2C1=O. The van der Waals surface area contributed by atoms with Crippen LogP contribution in [0.2, 0.25) is 0 Å². The van der Waals surface area contributed by atoms with Crippen LogP contribution in [0.15, 0.2) is 18.2 Å². The van der Waals surface area contributed by atoms with Crippen LogP contribution in [0.4, 0.5) is 0 Å². The molecule has 1 heterocycles. The average Bonchev–Trinajstić information content (AvgIpc) is 3.30. The summed E-state index contributed by atoms with van der Waals surface area (Å²) in [5.74, 6) is -1.87. The van der Waals surface area contributed by atoms with Crippen molar-refractivity contribution >= 4 is 23.7 Å². The van der Waals surface area contributed by atoms with E-state index in [4.69, 9.17) is 9.47 Å². The fourth-order valence-electron chi connectivity index (χ4n) is 3.66. The van der Waals surface area contributed by atoms with Crippen molar-refractivity contribution in [1.29, 1.82) is 0 Å². The zero-order chi connectivity index (χ0) is 21.0. The lowest BCUT2D eigenvalue weighted by Crippen LogP contribution is -2.40. The number of nitrogens with zero attached hydrogens (tertiary/aromatic N) is 1. The van der Waals surface area contributed by atoms with Crippen LogP contribution in [-0.2, 0) is 14.3 Å². The van der Waals surface area contributed by atoms with Crippen LogP contribution < -0.4 is 5.32 Å². The molecule has 0 aromatic heterocycles. The molecule has 1 aliphatic heterocycles. The normalized spacial score (nSPS) is 17.4. The van der Waals surface area contributed by atoms with Crippen molar-refractivity contribution < 1.29 is 28.7 Å². The average molecular weight is 402 g/mol. The van der Waals surface area contributed by atoms with E-state index in [0.717, 1.165) is 30.6 Å². The summed E-state index contributed by atoms with van der Waals surface area (Å²) in [5.41, 5.74) is 0.560. The summed E-state index contributed by atoms with van der Waals surface area (Å²) >= 11 is 0. The highest BCUT2D eigenvalue weighted by atomic mass is 16.5. The fraction of sp³-hybridized carbons (Fsp3) is 0.524. The molecule has 1 aromatic carbocycles. The number of hydrogen-bond donors (Lipinski definition) is 1. The maximum Gasteiger partial charge on any atom is 0.338 e. The van der Waals surface area contributed by atoms with Gasteiger partial charge in [-0.15, -0.1) is 0 Å². The Morgan fingerprint density at radius 2 is 1.86 bits per heavy atom. The number of nitrogens with one attached hydrogen (secondary N) is 1. The minimum absolute atomic E-state index is 0.129. The van der Waals surface area contributed by atoms with Crippen molar-refractivity contribution in [3.8, 4) is 0 Å². The molecule has 3 rings (SSSR count). The topological polar surface area (TPSA) is 102 Å². The second kappa shape index (κ2) is 9.17. The summed E-state index contributed by atoms with van der Waals surface area (Å²) in [7, 11) is 1.55. The third-order valence-corrected chi connectivity index (χ3v) is 5.29. The highest BCUT2D eigenvalue weighted by molar-refractivity contribution is 6.22. The lowest BCUT2D eigenvalue weighted by Gasteiger charge is -2.17. The third-order valence-electron chi connectivity index (χ3n) is 5.29. The summed E-state index contributed by atoms with van der Waals surface area (Å²) in [6.45, 7) is 2.20. The first kappa shape index (κ1) is 21.0. The maximum absolute atomic E-state index is 12.5. The highest BCUT2D eigenvalue weighted by Gasteiger charge is 2.36. The number of hydrogen-bond acceptors (Lipinski definition) is 6. The fourth-order valence-corrected chi connectivity index (χ4v) is 3.66. The van der Waals surface area contributed by atoms with Gasteiger partial charge in [-0.1, -0.05) is 12.8 Å². The molecule has 8 heteroatoms. The van der Waals surface area contributed by atoms with Gasteiger partial charge in [-0.25, -0.2) is 4.79 Å². The van der Waals surface area contributed by atoms with Gasteiger partial charge in [-0.05, 0) is 44.4 Å². The number of benzene rings is 1. The van der Waals surface area contributed by atoms with E-state index in [2.05, 4.69) is 5.32 Å². The first-order valence-electron chi connectivity index (χ1n) is 9.93. The van der Waals surface area contributed by atoms with Gasteiger partial charge in [-0.2, -0.15) is 0 Å². The Morgan fingerprint density at radius 1 is 1.17 bits per heavy atom. The molecule has 0 unspecified atom stereocenters. The van der Waals surface area contributed by atoms with Crippen LogP contribution in [0.3, 0.4) is 0 Å². The van der Waals surface area contributed by atoms with Crippen molar-refractivity contribution in [2.24, 2.45) is 0 Å². The Labute approximate surface area is 169 Å². The summed E-state index contributed by atoms with van der Waals surface area (Å²) in [6, 6.07) is 4.38. The van der Waals surface area contributed by atoms with Crippen LogP contribution in [0.5, 0.6) is 0 Å². The third kappa shape index (κ3) is 4.64. The van der Waals surface area contributed by atoms with E-state index in [0.29, 0.717) is 13.0 Å². The quantitative estimate of drug-likeness (QED) is 0.405. The molecule has 8 nitrogen and oxygen atoms in total.